The topological polar surface area (TPSA) is 54.6 Å². The molecule has 0 spiro atoms. The lowest BCUT2D eigenvalue weighted by Gasteiger charge is -2.08. The van der Waals surface area contributed by atoms with Crippen molar-refractivity contribution in [1.29, 1.82) is 0 Å². The Morgan fingerprint density at radius 3 is 2.78 bits per heavy atom. The fourth-order valence-corrected chi connectivity index (χ4v) is 2.87. The largest absolute Gasteiger partial charge is 0.478 e. The van der Waals surface area contributed by atoms with Crippen molar-refractivity contribution in [3.63, 3.8) is 0 Å². The Hall–Kier alpha value is -1.84. The van der Waals surface area contributed by atoms with Gasteiger partial charge in [-0.15, -0.1) is 0 Å². The number of nitrogens with zero attached hydrogens (tertiary/aromatic N) is 2. The van der Waals surface area contributed by atoms with Crippen LogP contribution in [0.15, 0.2) is 18.3 Å². The summed E-state index contributed by atoms with van der Waals surface area (Å²) in [6.45, 7) is 1.98. The number of hydrogen-bond donors (Lipinski definition) is 1. The number of pyridine rings is 1. The fraction of sp³-hybridized carbons (Fsp3) is 0.429. The molecule has 4 heteroatoms. The van der Waals surface area contributed by atoms with Crippen LogP contribution in [-0.4, -0.2) is 20.5 Å². The van der Waals surface area contributed by atoms with Crippen LogP contribution in [0.4, 0.5) is 0 Å². The maximum Gasteiger partial charge on any atom is 0.337 e. The smallest absolute Gasteiger partial charge is 0.337 e. The van der Waals surface area contributed by atoms with Crippen LogP contribution < -0.4 is 0 Å². The van der Waals surface area contributed by atoms with Crippen molar-refractivity contribution in [3.8, 4) is 0 Å². The van der Waals surface area contributed by atoms with Crippen molar-refractivity contribution in [1.82, 2.24) is 9.38 Å². The van der Waals surface area contributed by atoms with Gasteiger partial charge in [0.2, 0.25) is 0 Å². The minimum atomic E-state index is -0.888. The summed E-state index contributed by atoms with van der Waals surface area (Å²) >= 11 is 0. The van der Waals surface area contributed by atoms with Gasteiger partial charge in [0.05, 0.1) is 16.8 Å². The molecule has 1 aliphatic rings. The Kier molecular flexibility index (Phi) is 2.58. The molecule has 1 saturated carbocycles. The predicted molar refractivity (Wildman–Crippen MR) is 68.1 cm³/mol. The molecule has 0 aliphatic heterocycles. The molecule has 0 atom stereocenters. The first-order chi connectivity index (χ1) is 8.66. The summed E-state index contributed by atoms with van der Waals surface area (Å²) in [5, 5.41) is 9.07. The average molecular weight is 244 g/mol. The number of carboxylic acid groups (broad SMARTS) is 1. The molecule has 0 unspecified atom stereocenters. The summed E-state index contributed by atoms with van der Waals surface area (Å²) in [6.07, 6.45) is 6.52. The Balaban J connectivity index is 2.18. The summed E-state index contributed by atoms with van der Waals surface area (Å²) in [5.41, 5.74) is 2.31. The Morgan fingerprint density at radius 2 is 2.11 bits per heavy atom. The van der Waals surface area contributed by atoms with Crippen LogP contribution in [0.2, 0.25) is 0 Å². The van der Waals surface area contributed by atoms with Gasteiger partial charge in [0.15, 0.2) is 0 Å². The number of aromatic carboxylic acids is 1. The number of fused-ring (bicyclic) bond motifs is 1. The number of aromatic nitrogens is 2. The van der Waals surface area contributed by atoms with E-state index in [0.717, 1.165) is 29.9 Å². The number of carboxylic acids is 1. The second-order valence-corrected chi connectivity index (χ2v) is 5.01. The summed E-state index contributed by atoms with van der Waals surface area (Å²) in [6, 6.07) is 3.50. The molecule has 0 bridgehead atoms. The lowest BCUT2D eigenvalue weighted by molar-refractivity contribution is 0.0696. The van der Waals surface area contributed by atoms with E-state index in [1.165, 1.54) is 12.8 Å². The second kappa shape index (κ2) is 4.12. The maximum atomic E-state index is 11.1. The van der Waals surface area contributed by atoms with Crippen molar-refractivity contribution in [2.75, 3.05) is 0 Å². The van der Waals surface area contributed by atoms with E-state index in [0.29, 0.717) is 11.5 Å². The van der Waals surface area contributed by atoms with Crippen LogP contribution in [0.3, 0.4) is 0 Å². The van der Waals surface area contributed by atoms with E-state index in [1.807, 2.05) is 17.4 Å². The van der Waals surface area contributed by atoms with Crippen LogP contribution in [0.25, 0.3) is 5.52 Å². The van der Waals surface area contributed by atoms with Crippen molar-refractivity contribution in [2.45, 2.75) is 38.5 Å². The van der Waals surface area contributed by atoms with Gasteiger partial charge in [-0.05, 0) is 31.9 Å². The van der Waals surface area contributed by atoms with E-state index < -0.39 is 5.97 Å². The standard InChI is InChI=1S/C14H16N2O2/c1-9-12-7-6-11(14(17)18)8-16(12)13(15-9)10-4-2-3-5-10/h6-8,10H,2-5H2,1H3,(H,17,18). The molecule has 2 aromatic heterocycles. The maximum absolute atomic E-state index is 11.1. The molecule has 0 radical (unpaired) electrons. The molecule has 94 valence electrons. The Labute approximate surface area is 105 Å². The third-order valence-corrected chi connectivity index (χ3v) is 3.82. The van der Waals surface area contributed by atoms with Crippen molar-refractivity contribution >= 4 is 11.5 Å². The fourth-order valence-electron chi connectivity index (χ4n) is 2.87. The molecule has 0 amide bonds. The molecule has 0 saturated heterocycles. The molecule has 1 N–H and O–H groups in total. The van der Waals surface area contributed by atoms with E-state index in [4.69, 9.17) is 5.11 Å². The molecule has 18 heavy (non-hydrogen) atoms. The van der Waals surface area contributed by atoms with Crippen molar-refractivity contribution in [3.05, 3.63) is 35.4 Å². The first kappa shape index (κ1) is 11.3. The van der Waals surface area contributed by atoms with Crippen LogP contribution in [0.5, 0.6) is 0 Å². The van der Waals surface area contributed by atoms with Gasteiger partial charge in [-0.1, -0.05) is 12.8 Å². The molecule has 3 rings (SSSR count). The highest BCUT2D eigenvalue weighted by Gasteiger charge is 2.22. The lowest BCUT2D eigenvalue weighted by atomic mass is 10.1. The average Bonchev–Trinajstić information content (AvgIpc) is 2.97. The van der Waals surface area contributed by atoms with Gasteiger partial charge in [-0.2, -0.15) is 0 Å². The van der Waals surface area contributed by atoms with Crippen molar-refractivity contribution < 1.29 is 9.90 Å². The highest BCUT2D eigenvalue weighted by Crippen LogP contribution is 2.34. The number of carbonyl (C=O) groups is 1. The Morgan fingerprint density at radius 1 is 1.39 bits per heavy atom. The number of aryl methyl sites for hydroxylation is 1. The molecule has 2 aromatic rings. The lowest BCUT2D eigenvalue weighted by Crippen LogP contribution is -2.03. The van der Waals surface area contributed by atoms with Gasteiger partial charge in [-0.3, -0.25) is 0 Å². The van der Waals surface area contributed by atoms with E-state index in [-0.39, 0.29) is 0 Å². The summed E-state index contributed by atoms with van der Waals surface area (Å²) in [7, 11) is 0. The summed E-state index contributed by atoms with van der Waals surface area (Å²) in [5.74, 6) is 0.624. The van der Waals surface area contributed by atoms with Crippen molar-refractivity contribution in [2.24, 2.45) is 0 Å². The minimum absolute atomic E-state index is 0.319. The Bertz CT molecular complexity index is 610. The van der Waals surface area contributed by atoms with Crippen LogP contribution in [-0.2, 0) is 0 Å². The van der Waals surface area contributed by atoms with Gasteiger partial charge in [0.1, 0.15) is 5.82 Å². The first-order valence-electron chi connectivity index (χ1n) is 6.38. The molecule has 1 fully saturated rings. The van der Waals surface area contributed by atoms with E-state index in [1.54, 1.807) is 12.3 Å². The molecular weight excluding hydrogens is 228 g/mol. The zero-order valence-corrected chi connectivity index (χ0v) is 10.4. The monoisotopic (exact) mass is 244 g/mol. The van der Waals surface area contributed by atoms with Crippen LogP contribution in [0, 0.1) is 6.92 Å². The minimum Gasteiger partial charge on any atom is -0.478 e. The molecule has 4 nitrogen and oxygen atoms in total. The predicted octanol–water partition coefficient (Wildman–Crippen LogP) is 3.00. The van der Waals surface area contributed by atoms with E-state index in [2.05, 4.69) is 4.98 Å². The quantitative estimate of drug-likeness (QED) is 0.883. The van der Waals surface area contributed by atoms with E-state index >= 15 is 0 Å². The number of imidazole rings is 1. The van der Waals surface area contributed by atoms with Gasteiger partial charge in [0.25, 0.3) is 0 Å². The van der Waals surface area contributed by atoms with Gasteiger partial charge >= 0.3 is 5.97 Å². The van der Waals surface area contributed by atoms with E-state index in [9.17, 15) is 4.79 Å². The molecular formula is C14H16N2O2. The highest BCUT2D eigenvalue weighted by atomic mass is 16.4. The van der Waals surface area contributed by atoms with Gasteiger partial charge < -0.3 is 9.51 Å². The summed E-state index contributed by atoms with van der Waals surface area (Å²) < 4.78 is 1.97. The molecule has 0 aromatic carbocycles. The highest BCUT2D eigenvalue weighted by molar-refractivity contribution is 5.87. The first-order valence-corrected chi connectivity index (χ1v) is 6.38. The number of hydrogen-bond acceptors (Lipinski definition) is 2. The third kappa shape index (κ3) is 1.68. The van der Waals surface area contributed by atoms with Gasteiger partial charge in [0, 0.05) is 12.1 Å². The third-order valence-electron chi connectivity index (χ3n) is 3.82. The zero-order valence-electron chi connectivity index (χ0n) is 10.4. The second-order valence-electron chi connectivity index (χ2n) is 5.01. The van der Waals surface area contributed by atoms with Crippen LogP contribution in [0.1, 0.15) is 53.5 Å². The molecule has 2 heterocycles. The normalized spacial score (nSPS) is 16.5. The SMILES string of the molecule is Cc1nc(C2CCCC2)n2cc(C(=O)O)ccc12. The van der Waals surface area contributed by atoms with Crippen LogP contribution >= 0.6 is 0 Å². The summed E-state index contributed by atoms with van der Waals surface area (Å²) in [4.78, 5) is 15.7. The molecule has 1 aliphatic carbocycles. The zero-order chi connectivity index (χ0) is 12.7. The number of rotatable bonds is 2. The van der Waals surface area contributed by atoms with Gasteiger partial charge in [-0.25, -0.2) is 9.78 Å².